The maximum absolute atomic E-state index is 13.4. The molecule has 1 aliphatic rings. The largest absolute Gasteiger partial charge is 0.496 e. The number of para-hydroxylation sites is 1. The van der Waals surface area contributed by atoms with Crippen LogP contribution in [0.2, 0.25) is 0 Å². The standard InChI is InChI=1S/C42H39NO6/c1-3-43(29-31-14-10-11-19-37(31)45-2)26-12-13-27-46-34-22-20-30(21-23-34)39-28-36(44)35-24-25-38-41(40(35)47-39)49-42(48-38,32-15-6-4-7-16-32)33-17-8-5-9-18-33/h4-11,14-25,28H,3,12-13,26-27,29H2,1-2H3. The van der Waals surface area contributed by atoms with Crippen LogP contribution in [0, 0.1) is 0 Å². The minimum atomic E-state index is -1.23. The number of rotatable bonds is 13. The molecule has 0 unspecified atom stereocenters. The molecule has 0 aliphatic carbocycles. The van der Waals surface area contributed by atoms with Gasteiger partial charge in [-0.3, -0.25) is 9.69 Å². The van der Waals surface area contributed by atoms with Crippen LogP contribution in [0.15, 0.2) is 137 Å². The van der Waals surface area contributed by atoms with Crippen molar-refractivity contribution in [1.29, 1.82) is 0 Å². The maximum Gasteiger partial charge on any atom is 0.305 e. The second kappa shape index (κ2) is 14.3. The van der Waals surface area contributed by atoms with Crippen molar-refractivity contribution in [2.45, 2.75) is 32.1 Å². The number of methoxy groups -OCH3 is 1. The third-order valence-corrected chi connectivity index (χ3v) is 8.93. The quantitative estimate of drug-likeness (QED) is 0.115. The van der Waals surface area contributed by atoms with Crippen molar-refractivity contribution in [2.24, 2.45) is 0 Å². The van der Waals surface area contributed by atoms with Gasteiger partial charge in [0, 0.05) is 34.9 Å². The van der Waals surface area contributed by atoms with Crippen LogP contribution in [-0.2, 0) is 12.3 Å². The van der Waals surface area contributed by atoms with Crippen LogP contribution < -0.4 is 24.4 Å². The Kier molecular flexibility index (Phi) is 9.35. The first-order valence-corrected chi connectivity index (χ1v) is 16.8. The van der Waals surface area contributed by atoms with Gasteiger partial charge in [-0.1, -0.05) is 85.8 Å². The second-order valence-electron chi connectivity index (χ2n) is 12.1. The summed E-state index contributed by atoms with van der Waals surface area (Å²) in [6.45, 7) is 5.60. The molecule has 49 heavy (non-hydrogen) atoms. The smallest absolute Gasteiger partial charge is 0.305 e. The van der Waals surface area contributed by atoms with E-state index in [2.05, 4.69) is 24.0 Å². The van der Waals surface area contributed by atoms with Gasteiger partial charge in [-0.2, -0.15) is 0 Å². The molecule has 0 N–H and O–H groups in total. The van der Waals surface area contributed by atoms with Gasteiger partial charge in [0.25, 0.3) is 0 Å². The van der Waals surface area contributed by atoms with Crippen LogP contribution in [0.1, 0.15) is 36.5 Å². The van der Waals surface area contributed by atoms with Gasteiger partial charge in [-0.05, 0) is 68.4 Å². The predicted octanol–water partition coefficient (Wildman–Crippen LogP) is 8.82. The van der Waals surface area contributed by atoms with E-state index < -0.39 is 5.79 Å². The number of hydrogen-bond donors (Lipinski definition) is 0. The summed E-state index contributed by atoms with van der Waals surface area (Å²) >= 11 is 0. The Balaban J connectivity index is 1.04. The van der Waals surface area contributed by atoms with Crippen molar-refractivity contribution in [1.82, 2.24) is 4.90 Å². The second-order valence-corrected chi connectivity index (χ2v) is 12.1. The fourth-order valence-electron chi connectivity index (χ4n) is 6.30. The van der Waals surface area contributed by atoms with Crippen LogP contribution in [0.5, 0.6) is 23.0 Å². The van der Waals surface area contributed by atoms with E-state index in [9.17, 15) is 4.79 Å². The molecule has 0 amide bonds. The molecule has 7 heteroatoms. The number of fused-ring (bicyclic) bond motifs is 3. The highest BCUT2D eigenvalue weighted by Crippen LogP contribution is 2.50. The van der Waals surface area contributed by atoms with E-state index in [1.165, 1.54) is 11.6 Å². The van der Waals surface area contributed by atoms with Crippen molar-refractivity contribution in [3.8, 4) is 34.3 Å². The van der Waals surface area contributed by atoms with Gasteiger partial charge in [0.2, 0.25) is 5.75 Å². The summed E-state index contributed by atoms with van der Waals surface area (Å²) in [5.74, 6) is 1.81. The van der Waals surface area contributed by atoms with Gasteiger partial charge in [-0.25, -0.2) is 0 Å². The van der Waals surface area contributed by atoms with Crippen molar-refractivity contribution < 1.29 is 23.4 Å². The molecule has 0 saturated heterocycles. The zero-order chi connectivity index (χ0) is 33.6. The van der Waals surface area contributed by atoms with E-state index in [4.69, 9.17) is 23.4 Å². The van der Waals surface area contributed by atoms with Crippen molar-refractivity contribution in [3.05, 3.63) is 154 Å². The number of ether oxygens (including phenoxy) is 4. The van der Waals surface area contributed by atoms with E-state index in [-0.39, 0.29) is 5.43 Å². The molecule has 0 fully saturated rings. The summed E-state index contributed by atoms with van der Waals surface area (Å²) in [6.07, 6.45) is 1.96. The van der Waals surface area contributed by atoms with E-state index in [1.807, 2.05) is 97.1 Å². The van der Waals surface area contributed by atoms with Crippen molar-refractivity contribution in [2.75, 3.05) is 26.8 Å². The van der Waals surface area contributed by atoms with Crippen LogP contribution in [0.25, 0.3) is 22.3 Å². The molecule has 7 rings (SSSR count). The SMILES string of the molecule is CCN(CCCCOc1ccc(-c2cc(=O)c3ccc4c(c3o2)OC(c2ccccc2)(c2ccccc2)O4)cc1)Cc1ccccc1OC. The molecule has 0 bridgehead atoms. The first kappa shape index (κ1) is 32.0. The molecule has 1 aliphatic heterocycles. The topological polar surface area (TPSA) is 70.4 Å². The first-order chi connectivity index (χ1) is 24.1. The lowest BCUT2D eigenvalue weighted by Crippen LogP contribution is -2.36. The molecule has 7 nitrogen and oxygen atoms in total. The summed E-state index contributed by atoms with van der Waals surface area (Å²) in [5, 5.41) is 0.424. The highest BCUT2D eigenvalue weighted by molar-refractivity contribution is 5.87. The third kappa shape index (κ3) is 6.62. The van der Waals surface area contributed by atoms with E-state index in [0.29, 0.717) is 34.8 Å². The Morgan fingerprint density at radius 2 is 1.45 bits per heavy atom. The van der Waals surface area contributed by atoms with Gasteiger partial charge in [-0.15, -0.1) is 0 Å². The number of hydrogen-bond acceptors (Lipinski definition) is 7. The summed E-state index contributed by atoms with van der Waals surface area (Å²) in [6, 6.07) is 40.4. The van der Waals surface area contributed by atoms with Crippen molar-refractivity contribution in [3.63, 3.8) is 0 Å². The van der Waals surface area contributed by atoms with E-state index in [0.717, 1.165) is 60.7 Å². The zero-order valence-electron chi connectivity index (χ0n) is 27.8. The number of unbranched alkanes of at least 4 members (excludes halogenated alkanes) is 1. The van der Waals surface area contributed by atoms with Gasteiger partial charge in [0.15, 0.2) is 16.8 Å². The average Bonchev–Trinajstić information content (AvgIpc) is 3.57. The Bertz CT molecular complexity index is 2040. The number of nitrogens with zero attached hydrogens (tertiary/aromatic N) is 1. The van der Waals surface area contributed by atoms with E-state index >= 15 is 0 Å². The molecule has 0 spiro atoms. The molecule has 0 saturated carbocycles. The van der Waals surface area contributed by atoms with Crippen LogP contribution in [0.4, 0.5) is 0 Å². The summed E-state index contributed by atoms with van der Waals surface area (Å²) in [5.41, 5.74) is 3.80. The van der Waals surface area contributed by atoms with Crippen LogP contribution in [0.3, 0.4) is 0 Å². The monoisotopic (exact) mass is 653 g/mol. The summed E-state index contributed by atoms with van der Waals surface area (Å²) in [4.78, 5) is 15.8. The van der Waals surface area contributed by atoms with Crippen LogP contribution >= 0.6 is 0 Å². The lowest BCUT2D eigenvalue weighted by Gasteiger charge is -2.28. The Hall–Kier alpha value is -5.53. The highest BCUT2D eigenvalue weighted by Gasteiger charge is 2.46. The van der Waals surface area contributed by atoms with E-state index in [1.54, 1.807) is 19.2 Å². The molecule has 0 atom stereocenters. The average molecular weight is 654 g/mol. The lowest BCUT2D eigenvalue weighted by molar-refractivity contribution is -0.0456. The van der Waals surface area contributed by atoms with Gasteiger partial charge in [0.05, 0.1) is 19.1 Å². The normalized spacial score (nSPS) is 13.1. The van der Waals surface area contributed by atoms with Crippen LogP contribution in [-0.4, -0.2) is 31.7 Å². The summed E-state index contributed by atoms with van der Waals surface area (Å²) in [7, 11) is 1.72. The zero-order valence-corrected chi connectivity index (χ0v) is 27.8. The fraction of sp³-hybridized carbons (Fsp3) is 0.214. The van der Waals surface area contributed by atoms with Gasteiger partial charge in [0.1, 0.15) is 17.3 Å². The Morgan fingerprint density at radius 3 is 2.14 bits per heavy atom. The summed E-state index contributed by atoms with van der Waals surface area (Å²) < 4.78 is 31.3. The molecule has 6 aromatic rings. The molecule has 248 valence electrons. The molecular weight excluding hydrogens is 614 g/mol. The van der Waals surface area contributed by atoms with Gasteiger partial charge >= 0.3 is 5.79 Å². The molecule has 0 radical (unpaired) electrons. The highest BCUT2D eigenvalue weighted by atomic mass is 16.7. The van der Waals surface area contributed by atoms with Crippen molar-refractivity contribution >= 4 is 11.0 Å². The Labute approximate surface area is 286 Å². The first-order valence-electron chi connectivity index (χ1n) is 16.8. The predicted molar refractivity (Wildman–Crippen MR) is 192 cm³/mol. The molecule has 1 aromatic heterocycles. The minimum Gasteiger partial charge on any atom is -0.496 e. The third-order valence-electron chi connectivity index (χ3n) is 8.93. The van der Waals surface area contributed by atoms with Gasteiger partial charge < -0.3 is 23.4 Å². The molecular formula is C42H39NO6. The lowest BCUT2D eigenvalue weighted by atomic mass is 9.97. The number of benzene rings is 5. The molecule has 2 heterocycles. The fourth-order valence-corrected chi connectivity index (χ4v) is 6.30. The Morgan fingerprint density at radius 1 is 0.755 bits per heavy atom. The molecule has 5 aromatic carbocycles. The maximum atomic E-state index is 13.4. The minimum absolute atomic E-state index is 0.160.